The Kier molecular flexibility index (Phi) is 5.07. The van der Waals surface area contributed by atoms with E-state index in [1.165, 1.54) is 0 Å². The zero-order chi connectivity index (χ0) is 13.7. The van der Waals surface area contributed by atoms with Crippen LogP contribution >= 0.6 is 11.8 Å². The van der Waals surface area contributed by atoms with E-state index >= 15 is 0 Å². The van der Waals surface area contributed by atoms with Crippen molar-refractivity contribution in [3.63, 3.8) is 0 Å². The van der Waals surface area contributed by atoms with Crippen LogP contribution in [0.15, 0.2) is 23.4 Å². The van der Waals surface area contributed by atoms with Gasteiger partial charge in [-0.2, -0.15) is 0 Å². The minimum absolute atomic E-state index is 0.317. The van der Waals surface area contributed by atoms with Crippen LogP contribution in [0.4, 0.5) is 0 Å². The number of hydrogen-bond acceptors (Lipinski definition) is 5. The molecule has 0 amide bonds. The molecule has 0 aliphatic carbocycles. The van der Waals surface area contributed by atoms with Crippen molar-refractivity contribution >= 4 is 22.8 Å². The second kappa shape index (κ2) is 6.79. The van der Waals surface area contributed by atoms with E-state index in [2.05, 4.69) is 15.3 Å². The number of methoxy groups -OCH3 is 2. The Balaban J connectivity index is 2.04. The number of imidazole rings is 1. The molecule has 6 heteroatoms. The highest BCUT2D eigenvalue weighted by Crippen LogP contribution is 2.23. The molecule has 2 rings (SSSR count). The van der Waals surface area contributed by atoms with Crippen LogP contribution in [0.25, 0.3) is 11.0 Å². The van der Waals surface area contributed by atoms with Gasteiger partial charge in [-0.15, -0.1) is 0 Å². The smallest absolute Gasteiger partial charge is 0.166 e. The quantitative estimate of drug-likeness (QED) is 0.759. The van der Waals surface area contributed by atoms with Crippen molar-refractivity contribution < 1.29 is 9.47 Å². The van der Waals surface area contributed by atoms with E-state index in [4.69, 9.17) is 9.47 Å². The van der Waals surface area contributed by atoms with Crippen LogP contribution in [0.1, 0.15) is 0 Å². The highest BCUT2D eigenvalue weighted by Gasteiger charge is 2.09. The number of benzene rings is 1. The van der Waals surface area contributed by atoms with Gasteiger partial charge in [0.15, 0.2) is 5.16 Å². The molecule has 5 nitrogen and oxygen atoms in total. The molecule has 1 heterocycles. The molecule has 1 atom stereocenters. The molecule has 1 unspecified atom stereocenters. The topological polar surface area (TPSA) is 59.2 Å². The maximum atomic E-state index is 5.20. The second-order valence-electron chi connectivity index (χ2n) is 4.18. The summed E-state index contributed by atoms with van der Waals surface area (Å²) < 4.78 is 10.3. The lowest BCUT2D eigenvalue weighted by Crippen LogP contribution is -2.32. The summed E-state index contributed by atoms with van der Waals surface area (Å²) in [4.78, 5) is 7.83. The van der Waals surface area contributed by atoms with Gasteiger partial charge >= 0.3 is 0 Å². The summed E-state index contributed by atoms with van der Waals surface area (Å²) in [6, 6.07) is 6.15. The first-order valence-electron chi connectivity index (χ1n) is 6.09. The summed E-state index contributed by atoms with van der Waals surface area (Å²) in [7, 11) is 5.31. The van der Waals surface area contributed by atoms with Crippen LogP contribution in [0.5, 0.6) is 5.75 Å². The monoisotopic (exact) mass is 281 g/mol. The molecule has 0 radical (unpaired) electrons. The van der Waals surface area contributed by atoms with Gasteiger partial charge in [-0.25, -0.2) is 4.98 Å². The van der Waals surface area contributed by atoms with Crippen LogP contribution in [-0.2, 0) is 4.74 Å². The third kappa shape index (κ3) is 3.62. The Labute approximate surface area is 117 Å². The molecular weight excluding hydrogens is 262 g/mol. The molecule has 1 aromatic carbocycles. The van der Waals surface area contributed by atoms with Gasteiger partial charge in [0.1, 0.15) is 5.75 Å². The zero-order valence-electron chi connectivity index (χ0n) is 11.4. The Morgan fingerprint density at radius 1 is 1.42 bits per heavy atom. The fraction of sp³-hybridized carbons (Fsp3) is 0.462. The number of ether oxygens (including phenoxy) is 2. The summed E-state index contributed by atoms with van der Waals surface area (Å²) in [6.45, 7) is 0.692. The van der Waals surface area contributed by atoms with E-state index in [0.717, 1.165) is 27.7 Å². The highest BCUT2D eigenvalue weighted by atomic mass is 32.2. The average Bonchev–Trinajstić information content (AvgIpc) is 2.84. The van der Waals surface area contributed by atoms with Crippen LogP contribution in [0, 0.1) is 0 Å². The Morgan fingerprint density at radius 2 is 2.26 bits per heavy atom. The van der Waals surface area contributed by atoms with Crippen LogP contribution in [0.2, 0.25) is 0 Å². The molecule has 1 aromatic heterocycles. The molecule has 2 aromatic rings. The predicted molar refractivity (Wildman–Crippen MR) is 78.1 cm³/mol. The summed E-state index contributed by atoms with van der Waals surface area (Å²) in [5.41, 5.74) is 1.95. The maximum Gasteiger partial charge on any atom is 0.166 e. The van der Waals surface area contributed by atoms with Crippen LogP contribution in [-0.4, -0.2) is 49.6 Å². The van der Waals surface area contributed by atoms with E-state index in [9.17, 15) is 0 Å². The molecule has 0 saturated heterocycles. The third-order valence-corrected chi connectivity index (χ3v) is 3.90. The van der Waals surface area contributed by atoms with Gasteiger partial charge in [0.2, 0.25) is 0 Å². The van der Waals surface area contributed by atoms with E-state index in [-0.39, 0.29) is 0 Å². The van der Waals surface area contributed by atoms with Gasteiger partial charge in [-0.05, 0) is 19.2 Å². The Bertz CT molecular complexity index is 530. The molecule has 2 N–H and O–H groups in total. The fourth-order valence-corrected chi connectivity index (χ4v) is 2.72. The van der Waals surface area contributed by atoms with Crippen LogP contribution < -0.4 is 10.1 Å². The first kappa shape index (κ1) is 14.2. The van der Waals surface area contributed by atoms with Crippen molar-refractivity contribution in [2.24, 2.45) is 0 Å². The van der Waals surface area contributed by atoms with Gasteiger partial charge in [-0.1, -0.05) is 11.8 Å². The maximum absolute atomic E-state index is 5.20. The molecule has 0 aliphatic rings. The highest BCUT2D eigenvalue weighted by molar-refractivity contribution is 7.99. The number of rotatable bonds is 7. The molecule has 0 saturated carbocycles. The fourth-order valence-electron chi connectivity index (χ4n) is 1.76. The first-order chi connectivity index (χ1) is 9.26. The SMILES string of the molecule is CNC(COC)CSc1nc2ccc(OC)cc2[nH]1. The second-order valence-corrected chi connectivity index (χ2v) is 5.19. The first-order valence-corrected chi connectivity index (χ1v) is 7.08. The Morgan fingerprint density at radius 3 is 2.95 bits per heavy atom. The lowest BCUT2D eigenvalue weighted by molar-refractivity contribution is 0.177. The van der Waals surface area contributed by atoms with Gasteiger partial charge in [0.25, 0.3) is 0 Å². The van der Waals surface area contributed by atoms with Gasteiger partial charge < -0.3 is 19.8 Å². The summed E-state index contributed by atoms with van der Waals surface area (Å²) in [6.07, 6.45) is 0. The predicted octanol–water partition coefficient (Wildman–Crippen LogP) is 1.90. The van der Waals surface area contributed by atoms with Crippen molar-refractivity contribution in [3.05, 3.63) is 18.2 Å². The van der Waals surface area contributed by atoms with E-state index in [0.29, 0.717) is 12.6 Å². The van der Waals surface area contributed by atoms with E-state index in [1.807, 2.05) is 25.2 Å². The van der Waals surface area contributed by atoms with Crippen molar-refractivity contribution in [2.75, 3.05) is 33.6 Å². The molecule has 0 aliphatic heterocycles. The minimum Gasteiger partial charge on any atom is -0.497 e. The van der Waals surface area contributed by atoms with E-state index < -0.39 is 0 Å². The number of thioether (sulfide) groups is 1. The van der Waals surface area contributed by atoms with Crippen molar-refractivity contribution in [2.45, 2.75) is 11.2 Å². The van der Waals surface area contributed by atoms with Crippen molar-refractivity contribution in [1.82, 2.24) is 15.3 Å². The third-order valence-electron chi connectivity index (χ3n) is 2.86. The number of hydrogen-bond donors (Lipinski definition) is 2. The molecular formula is C13H19N3O2S. The van der Waals surface area contributed by atoms with Crippen molar-refractivity contribution in [1.29, 1.82) is 0 Å². The summed E-state index contributed by atoms with van der Waals surface area (Å²) in [5.74, 6) is 1.74. The minimum atomic E-state index is 0.317. The molecule has 0 bridgehead atoms. The number of fused-ring (bicyclic) bond motifs is 1. The number of nitrogens with one attached hydrogen (secondary N) is 2. The van der Waals surface area contributed by atoms with Gasteiger partial charge in [0, 0.05) is 25.0 Å². The standard InChI is InChI=1S/C13H19N3O2S/c1-14-9(7-17-2)8-19-13-15-11-5-4-10(18-3)6-12(11)16-13/h4-6,9,14H,7-8H2,1-3H3,(H,15,16). The van der Waals surface area contributed by atoms with Crippen molar-refractivity contribution in [3.8, 4) is 5.75 Å². The number of aromatic amines is 1. The number of likely N-dealkylation sites (N-methyl/N-ethyl adjacent to an activating group) is 1. The average molecular weight is 281 g/mol. The van der Waals surface area contributed by atoms with E-state index in [1.54, 1.807) is 26.0 Å². The van der Waals surface area contributed by atoms with Gasteiger partial charge in [-0.3, -0.25) is 0 Å². The Hall–Kier alpha value is -1.24. The van der Waals surface area contributed by atoms with Gasteiger partial charge in [0.05, 0.1) is 24.8 Å². The summed E-state index contributed by atoms with van der Waals surface area (Å²) in [5, 5.41) is 4.13. The number of nitrogens with zero attached hydrogens (tertiary/aromatic N) is 1. The number of aromatic nitrogens is 2. The normalized spacial score (nSPS) is 12.8. The number of H-pyrrole nitrogens is 1. The lowest BCUT2D eigenvalue weighted by atomic mass is 10.3. The molecule has 0 spiro atoms. The zero-order valence-corrected chi connectivity index (χ0v) is 12.2. The largest absolute Gasteiger partial charge is 0.497 e. The van der Waals surface area contributed by atoms with Crippen LogP contribution in [0.3, 0.4) is 0 Å². The molecule has 0 fully saturated rings. The lowest BCUT2D eigenvalue weighted by Gasteiger charge is -2.13. The molecule has 19 heavy (non-hydrogen) atoms. The molecule has 104 valence electrons. The summed E-state index contributed by atoms with van der Waals surface area (Å²) >= 11 is 1.68.